The van der Waals surface area contributed by atoms with Gasteiger partial charge in [-0.1, -0.05) is 13.0 Å². The second-order valence-electron chi connectivity index (χ2n) is 5.67. The SMILES string of the molecule is CCc1nc2cccc(C(=O)O)c2n1C(C)CCN(C)C. The number of para-hydroxylation sites is 1. The Labute approximate surface area is 125 Å². The van der Waals surface area contributed by atoms with Gasteiger partial charge in [0.15, 0.2) is 0 Å². The van der Waals surface area contributed by atoms with Crippen molar-refractivity contribution < 1.29 is 9.90 Å². The maximum atomic E-state index is 11.5. The zero-order chi connectivity index (χ0) is 15.6. The Morgan fingerprint density at radius 2 is 2.14 bits per heavy atom. The molecule has 21 heavy (non-hydrogen) atoms. The van der Waals surface area contributed by atoms with Gasteiger partial charge in [-0.05, 0) is 46.1 Å². The van der Waals surface area contributed by atoms with E-state index in [9.17, 15) is 9.90 Å². The molecule has 1 aromatic heterocycles. The average Bonchev–Trinajstić information content (AvgIpc) is 2.82. The highest BCUT2D eigenvalue weighted by Gasteiger charge is 2.20. The molecule has 1 atom stereocenters. The minimum Gasteiger partial charge on any atom is -0.478 e. The molecule has 0 bridgehead atoms. The van der Waals surface area contributed by atoms with Gasteiger partial charge in [0.1, 0.15) is 5.82 Å². The molecule has 2 aromatic rings. The zero-order valence-electron chi connectivity index (χ0n) is 13.1. The van der Waals surface area contributed by atoms with Gasteiger partial charge in [0, 0.05) is 12.5 Å². The lowest BCUT2D eigenvalue weighted by Crippen LogP contribution is -2.19. The highest BCUT2D eigenvalue weighted by atomic mass is 16.4. The summed E-state index contributed by atoms with van der Waals surface area (Å²) in [6.45, 7) is 5.14. The Balaban J connectivity index is 2.56. The number of rotatable bonds is 6. The van der Waals surface area contributed by atoms with E-state index in [-0.39, 0.29) is 6.04 Å². The van der Waals surface area contributed by atoms with Crippen LogP contribution in [-0.4, -0.2) is 46.2 Å². The number of carboxylic acid groups (broad SMARTS) is 1. The number of imidazole rings is 1. The van der Waals surface area contributed by atoms with Gasteiger partial charge in [-0.15, -0.1) is 0 Å². The summed E-state index contributed by atoms with van der Waals surface area (Å²) in [5.41, 5.74) is 1.84. The van der Waals surface area contributed by atoms with E-state index in [1.807, 2.05) is 20.2 Å². The Morgan fingerprint density at radius 3 is 2.71 bits per heavy atom. The van der Waals surface area contributed by atoms with Gasteiger partial charge in [0.25, 0.3) is 0 Å². The van der Waals surface area contributed by atoms with Gasteiger partial charge in [-0.2, -0.15) is 0 Å². The Hall–Kier alpha value is -1.88. The van der Waals surface area contributed by atoms with Crippen molar-refractivity contribution in [1.29, 1.82) is 0 Å². The van der Waals surface area contributed by atoms with Crippen molar-refractivity contribution in [2.24, 2.45) is 0 Å². The number of fused-ring (bicyclic) bond motifs is 1. The van der Waals surface area contributed by atoms with Crippen LogP contribution in [0.25, 0.3) is 11.0 Å². The summed E-state index contributed by atoms with van der Waals surface area (Å²) < 4.78 is 2.10. The molecule has 5 heteroatoms. The molecule has 0 aliphatic heterocycles. The standard InChI is InChI=1S/C16H23N3O2/c1-5-14-17-13-8-6-7-12(16(20)21)15(13)19(14)11(2)9-10-18(3)4/h6-8,11H,5,9-10H2,1-4H3,(H,20,21). The molecule has 0 saturated carbocycles. The molecule has 1 unspecified atom stereocenters. The monoisotopic (exact) mass is 289 g/mol. The fourth-order valence-electron chi connectivity index (χ4n) is 2.67. The van der Waals surface area contributed by atoms with Crippen molar-refractivity contribution in [2.75, 3.05) is 20.6 Å². The molecule has 0 amide bonds. The quantitative estimate of drug-likeness (QED) is 0.888. The number of nitrogens with zero attached hydrogens (tertiary/aromatic N) is 3. The molecule has 1 heterocycles. The first-order chi connectivity index (χ1) is 9.95. The van der Waals surface area contributed by atoms with Crippen LogP contribution in [0, 0.1) is 0 Å². The van der Waals surface area contributed by atoms with E-state index in [0.29, 0.717) is 5.56 Å². The third-order valence-electron chi connectivity index (χ3n) is 3.76. The van der Waals surface area contributed by atoms with E-state index in [1.54, 1.807) is 12.1 Å². The third-order valence-corrected chi connectivity index (χ3v) is 3.76. The first kappa shape index (κ1) is 15.5. The van der Waals surface area contributed by atoms with Gasteiger partial charge in [-0.25, -0.2) is 9.78 Å². The van der Waals surface area contributed by atoms with Crippen molar-refractivity contribution >= 4 is 17.0 Å². The molecule has 0 spiro atoms. The first-order valence-electron chi connectivity index (χ1n) is 7.33. The van der Waals surface area contributed by atoms with Crippen LogP contribution < -0.4 is 0 Å². The average molecular weight is 289 g/mol. The molecule has 0 fully saturated rings. The van der Waals surface area contributed by atoms with Crippen LogP contribution in [0.1, 0.15) is 42.5 Å². The number of aromatic carboxylic acids is 1. The van der Waals surface area contributed by atoms with E-state index < -0.39 is 5.97 Å². The lowest BCUT2D eigenvalue weighted by molar-refractivity contribution is 0.0698. The minimum absolute atomic E-state index is 0.216. The van der Waals surface area contributed by atoms with Gasteiger partial charge in [0.05, 0.1) is 16.6 Å². The largest absolute Gasteiger partial charge is 0.478 e. The Bertz CT molecular complexity index is 646. The topological polar surface area (TPSA) is 58.4 Å². The summed E-state index contributed by atoms with van der Waals surface area (Å²) in [5.74, 6) is 0.0502. The van der Waals surface area contributed by atoms with E-state index >= 15 is 0 Å². The second kappa shape index (κ2) is 6.26. The molecule has 114 valence electrons. The van der Waals surface area contributed by atoms with Crippen LogP contribution in [0.4, 0.5) is 0 Å². The summed E-state index contributed by atoms with van der Waals surface area (Å²) in [4.78, 5) is 18.3. The molecule has 1 aromatic carbocycles. The summed E-state index contributed by atoms with van der Waals surface area (Å²) in [6.07, 6.45) is 1.75. The van der Waals surface area contributed by atoms with Crippen molar-refractivity contribution in [3.63, 3.8) is 0 Å². The molecule has 0 aliphatic carbocycles. The van der Waals surface area contributed by atoms with Crippen LogP contribution in [0.5, 0.6) is 0 Å². The smallest absolute Gasteiger partial charge is 0.337 e. The number of aromatic nitrogens is 2. The van der Waals surface area contributed by atoms with Gasteiger partial charge in [0.2, 0.25) is 0 Å². The molecule has 0 radical (unpaired) electrons. The summed E-state index contributed by atoms with van der Waals surface area (Å²) >= 11 is 0. The lowest BCUT2D eigenvalue weighted by Gasteiger charge is -2.20. The van der Waals surface area contributed by atoms with Crippen molar-refractivity contribution in [1.82, 2.24) is 14.5 Å². The van der Waals surface area contributed by atoms with Crippen LogP contribution >= 0.6 is 0 Å². The molecular weight excluding hydrogens is 266 g/mol. The molecule has 5 nitrogen and oxygen atoms in total. The highest BCUT2D eigenvalue weighted by molar-refractivity contribution is 6.01. The molecule has 0 saturated heterocycles. The van der Waals surface area contributed by atoms with Crippen molar-refractivity contribution in [3.05, 3.63) is 29.6 Å². The van der Waals surface area contributed by atoms with Crippen LogP contribution in [0.15, 0.2) is 18.2 Å². The fourth-order valence-corrected chi connectivity index (χ4v) is 2.67. The molecule has 2 rings (SSSR count). The first-order valence-corrected chi connectivity index (χ1v) is 7.33. The summed E-state index contributed by atoms with van der Waals surface area (Å²) in [6, 6.07) is 5.51. The van der Waals surface area contributed by atoms with Crippen LogP contribution in [0.2, 0.25) is 0 Å². The third kappa shape index (κ3) is 3.08. The zero-order valence-corrected chi connectivity index (χ0v) is 13.1. The maximum Gasteiger partial charge on any atom is 0.337 e. The van der Waals surface area contributed by atoms with Gasteiger partial charge >= 0.3 is 5.97 Å². The maximum absolute atomic E-state index is 11.5. The number of benzene rings is 1. The predicted octanol–water partition coefficient (Wildman–Crippen LogP) is 2.81. The highest BCUT2D eigenvalue weighted by Crippen LogP contribution is 2.26. The van der Waals surface area contributed by atoms with Crippen molar-refractivity contribution in [2.45, 2.75) is 32.7 Å². The minimum atomic E-state index is -0.899. The van der Waals surface area contributed by atoms with E-state index in [2.05, 4.69) is 28.3 Å². The fraction of sp³-hybridized carbons (Fsp3) is 0.500. The van der Waals surface area contributed by atoms with Crippen molar-refractivity contribution in [3.8, 4) is 0 Å². The molecular formula is C16H23N3O2. The van der Waals surface area contributed by atoms with Crippen LogP contribution in [-0.2, 0) is 6.42 Å². The number of carboxylic acids is 1. The van der Waals surface area contributed by atoms with E-state index in [1.165, 1.54) is 0 Å². The molecule has 0 aliphatic rings. The van der Waals surface area contributed by atoms with E-state index in [4.69, 9.17) is 0 Å². The Morgan fingerprint density at radius 1 is 1.43 bits per heavy atom. The number of aryl methyl sites for hydroxylation is 1. The number of carbonyl (C=O) groups is 1. The number of hydrogen-bond acceptors (Lipinski definition) is 3. The summed E-state index contributed by atoms with van der Waals surface area (Å²) in [7, 11) is 4.09. The van der Waals surface area contributed by atoms with Gasteiger partial charge < -0.3 is 14.6 Å². The Kier molecular flexibility index (Phi) is 4.63. The van der Waals surface area contributed by atoms with Gasteiger partial charge in [-0.3, -0.25) is 0 Å². The van der Waals surface area contributed by atoms with E-state index in [0.717, 1.165) is 36.2 Å². The van der Waals surface area contributed by atoms with Crippen LogP contribution in [0.3, 0.4) is 0 Å². The number of hydrogen-bond donors (Lipinski definition) is 1. The predicted molar refractivity (Wildman–Crippen MR) is 84.0 cm³/mol. The summed E-state index contributed by atoms with van der Waals surface area (Å²) in [5, 5.41) is 9.44. The lowest BCUT2D eigenvalue weighted by atomic mass is 10.1. The molecule has 1 N–H and O–H groups in total. The second-order valence-corrected chi connectivity index (χ2v) is 5.67. The normalized spacial score (nSPS) is 13.0.